The van der Waals surface area contributed by atoms with E-state index >= 15 is 0 Å². The van der Waals surface area contributed by atoms with E-state index < -0.39 is 11.9 Å². The van der Waals surface area contributed by atoms with Gasteiger partial charge in [-0.15, -0.1) is 0 Å². The second-order valence-corrected chi connectivity index (χ2v) is 2.95. The number of rotatable bonds is 2. The molecule has 5 heteroatoms. The second kappa shape index (κ2) is 9.65. The summed E-state index contributed by atoms with van der Waals surface area (Å²) in [4.78, 5) is 19.2. The van der Waals surface area contributed by atoms with Crippen LogP contribution in [0.25, 0.3) is 0 Å². The molecule has 0 atom stereocenters. The van der Waals surface area contributed by atoms with Crippen LogP contribution in [0.1, 0.15) is 27.7 Å². The summed E-state index contributed by atoms with van der Waals surface area (Å²) in [6.07, 6.45) is 0. The van der Waals surface area contributed by atoms with Crippen LogP contribution in [0.3, 0.4) is 0 Å². The van der Waals surface area contributed by atoms with E-state index in [2.05, 4.69) is 0 Å². The minimum Gasteiger partial charge on any atom is -0.550 e. The Hall–Kier alpha value is -0.437. The normalized spacial score (nSPS) is 8.46. The molecular formula is C8H14O4Zn. The Morgan fingerprint density at radius 3 is 0.923 bits per heavy atom. The minimum absolute atomic E-state index is 0. The molecule has 0 N–H and O–H groups in total. The zero-order valence-corrected chi connectivity index (χ0v) is 11.5. The summed E-state index contributed by atoms with van der Waals surface area (Å²) in [5.41, 5.74) is 0. The Balaban J connectivity index is -0.000000143. The van der Waals surface area contributed by atoms with Crippen molar-refractivity contribution in [2.75, 3.05) is 0 Å². The van der Waals surface area contributed by atoms with Crippen molar-refractivity contribution in [3.8, 4) is 0 Å². The first-order valence-electron chi connectivity index (χ1n) is 3.70. The Bertz CT molecular complexity index is 136. The van der Waals surface area contributed by atoms with E-state index in [1.54, 1.807) is 27.7 Å². The van der Waals surface area contributed by atoms with Gasteiger partial charge in [0, 0.05) is 11.9 Å². The Labute approximate surface area is 91.1 Å². The molecule has 0 unspecified atom stereocenters. The van der Waals surface area contributed by atoms with Crippen molar-refractivity contribution in [2.45, 2.75) is 27.7 Å². The predicted molar refractivity (Wildman–Crippen MR) is 39.7 cm³/mol. The molecule has 0 saturated heterocycles. The molecule has 4 nitrogen and oxygen atoms in total. The van der Waals surface area contributed by atoms with E-state index in [0.717, 1.165) is 0 Å². The number of carboxylic acids is 2. The summed E-state index contributed by atoms with van der Waals surface area (Å²) < 4.78 is 0. The number of hydrogen-bond donors (Lipinski definition) is 0. The van der Waals surface area contributed by atoms with Gasteiger partial charge in [-0.05, 0) is 11.8 Å². The molecule has 0 radical (unpaired) electrons. The van der Waals surface area contributed by atoms with Crippen LogP contribution in [-0.4, -0.2) is 11.9 Å². The number of carbonyl (C=O) groups is 2. The van der Waals surface area contributed by atoms with Crippen molar-refractivity contribution in [3.63, 3.8) is 0 Å². The smallest absolute Gasteiger partial charge is 0.550 e. The van der Waals surface area contributed by atoms with E-state index in [1.165, 1.54) is 0 Å². The standard InChI is InChI=1S/2C4H8O2.Zn/c2*1-3(2)4(5)6;/h2*3H,1-2H3,(H,5,6);/q;;+2/p-2. The fourth-order valence-electron chi connectivity index (χ4n) is 0. The van der Waals surface area contributed by atoms with Crippen LogP contribution in [0.15, 0.2) is 0 Å². The molecule has 0 aliphatic heterocycles. The van der Waals surface area contributed by atoms with E-state index in [9.17, 15) is 19.8 Å². The molecule has 0 aliphatic carbocycles. The van der Waals surface area contributed by atoms with Gasteiger partial charge >= 0.3 is 19.5 Å². The van der Waals surface area contributed by atoms with Crippen LogP contribution in [0.2, 0.25) is 0 Å². The van der Waals surface area contributed by atoms with E-state index in [0.29, 0.717) is 0 Å². The van der Waals surface area contributed by atoms with Gasteiger partial charge < -0.3 is 19.8 Å². The Morgan fingerprint density at radius 2 is 0.923 bits per heavy atom. The average Bonchev–Trinajstić information content (AvgIpc) is 1.88. The number of hydrogen-bond acceptors (Lipinski definition) is 4. The molecule has 0 saturated carbocycles. The van der Waals surface area contributed by atoms with Crippen LogP contribution < -0.4 is 10.2 Å². The number of carbonyl (C=O) groups excluding carboxylic acids is 2. The monoisotopic (exact) mass is 238 g/mol. The SMILES string of the molecule is CC(C)C(=O)[O-].CC(C)C(=O)[O-].[Zn+2]. The predicted octanol–water partition coefficient (Wildman–Crippen LogP) is -1.22. The minimum atomic E-state index is -0.991. The van der Waals surface area contributed by atoms with Crippen molar-refractivity contribution in [2.24, 2.45) is 11.8 Å². The third-order valence-corrected chi connectivity index (χ3v) is 0.943. The molecule has 0 aliphatic rings. The first-order valence-corrected chi connectivity index (χ1v) is 3.70. The molecule has 0 fully saturated rings. The maximum Gasteiger partial charge on any atom is 2.00 e. The zero-order valence-electron chi connectivity index (χ0n) is 8.49. The van der Waals surface area contributed by atoms with Crippen LogP contribution in [0.5, 0.6) is 0 Å². The number of carboxylic acid groups (broad SMARTS) is 2. The van der Waals surface area contributed by atoms with Gasteiger partial charge in [-0.2, -0.15) is 0 Å². The van der Waals surface area contributed by atoms with E-state index in [4.69, 9.17) is 0 Å². The van der Waals surface area contributed by atoms with Gasteiger partial charge in [-0.3, -0.25) is 0 Å². The molecule has 0 aromatic heterocycles. The quantitative estimate of drug-likeness (QED) is 0.566. The Kier molecular flexibility index (Phi) is 13.6. The van der Waals surface area contributed by atoms with Crippen LogP contribution in [0, 0.1) is 11.8 Å². The van der Waals surface area contributed by atoms with Gasteiger partial charge in [0.1, 0.15) is 0 Å². The van der Waals surface area contributed by atoms with Crippen molar-refractivity contribution in [1.82, 2.24) is 0 Å². The summed E-state index contributed by atoms with van der Waals surface area (Å²) in [5, 5.41) is 19.2. The maximum atomic E-state index is 9.59. The molecule has 0 bridgehead atoms. The molecule has 0 aromatic carbocycles. The second-order valence-electron chi connectivity index (χ2n) is 2.95. The summed E-state index contributed by atoms with van der Waals surface area (Å²) >= 11 is 0. The van der Waals surface area contributed by atoms with Crippen molar-refractivity contribution in [1.29, 1.82) is 0 Å². The van der Waals surface area contributed by atoms with Crippen molar-refractivity contribution in [3.05, 3.63) is 0 Å². The molecule has 0 amide bonds. The molecule has 13 heavy (non-hydrogen) atoms. The average molecular weight is 240 g/mol. The van der Waals surface area contributed by atoms with Gasteiger partial charge in [-0.25, -0.2) is 0 Å². The summed E-state index contributed by atoms with van der Waals surface area (Å²) in [6.45, 7) is 6.31. The van der Waals surface area contributed by atoms with E-state index in [-0.39, 0.29) is 31.3 Å². The molecular weight excluding hydrogens is 225 g/mol. The number of aliphatic carboxylic acids is 2. The van der Waals surface area contributed by atoms with Crippen LogP contribution in [0.4, 0.5) is 0 Å². The topological polar surface area (TPSA) is 80.3 Å². The third kappa shape index (κ3) is 18.5. The van der Waals surface area contributed by atoms with Gasteiger partial charge in [0.25, 0.3) is 0 Å². The summed E-state index contributed by atoms with van der Waals surface area (Å²) in [5.74, 6) is -2.67. The van der Waals surface area contributed by atoms with Gasteiger partial charge in [0.2, 0.25) is 0 Å². The van der Waals surface area contributed by atoms with Gasteiger partial charge in [0.05, 0.1) is 0 Å². The van der Waals surface area contributed by atoms with E-state index in [1.807, 2.05) is 0 Å². The molecule has 0 heterocycles. The van der Waals surface area contributed by atoms with Crippen molar-refractivity contribution >= 4 is 11.9 Å². The van der Waals surface area contributed by atoms with Crippen molar-refractivity contribution < 1.29 is 39.3 Å². The summed E-state index contributed by atoms with van der Waals surface area (Å²) in [7, 11) is 0. The first-order chi connectivity index (χ1) is 5.29. The third-order valence-electron chi connectivity index (χ3n) is 0.943. The first kappa shape index (κ1) is 18.4. The maximum absolute atomic E-state index is 9.59. The molecule has 0 aromatic rings. The fourth-order valence-corrected chi connectivity index (χ4v) is 0. The molecule has 72 valence electrons. The van der Waals surface area contributed by atoms with Gasteiger partial charge in [0.15, 0.2) is 0 Å². The largest absolute Gasteiger partial charge is 2.00 e. The van der Waals surface area contributed by atoms with Crippen LogP contribution in [-0.2, 0) is 29.1 Å². The molecule has 0 rings (SSSR count). The summed E-state index contributed by atoms with van der Waals surface area (Å²) in [6, 6.07) is 0. The zero-order chi connectivity index (χ0) is 10.3. The fraction of sp³-hybridized carbons (Fsp3) is 0.750. The molecule has 0 spiro atoms. The van der Waals surface area contributed by atoms with Gasteiger partial charge in [-0.1, -0.05) is 27.7 Å². The van der Waals surface area contributed by atoms with Crippen LogP contribution >= 0.6 is 0 Å². The Morgan fingerprint density at radius 1 is 0.846 bits per heavy atom.